The van der Waals surface area contributed by atoms with Gasteiger partial charge >= 0.3 is 0 Å². The molecule has 0 spiro atoms. The Morgan fingerprint density at radius 3 is 2.24 bits per heavy atom. The highest BCUT2D eigenvalue weighted by Crippen LogP contribution is 2.12. The van der Waals surface area contributed by atoms with E-state index in [1.54, 1.807) is 6.07 Å². The van der Waals surface area contributed by atoms with Crippen molar-refractivity contribution in [2.45, 2.75) is 13.3 Å². The number of hydrogen-bond acceptors (Lipinski definition) is 1. The number of aryl methyl sites for hydroxylation is 1. The Kier molecular flexibility index (Phi) is 5.29. The van der Waals surface area contributed by atoms with Crippen LogP contribution in [0.4, 0.5) is 5.69 Å². The molecule has 0 aromatic heterocycles. The number of anilines is 1. The van der Waals surface area contributed by atoms with E-state index in [9.17, 15) is 4.79 Å². The summed E-state index contributed by atoms with van der Waals surface area (Å²) >= 11 is 0. The van der Waals surface area contributed by atoms with Crippen LogP contribution in [-0.2, 0) is 6.42 Å². The molecule has 0 aliphatic heterocycles. The van der Waals surface area contributed by atoms with Crippen LogP contribution >= 0.6 is 0 Å². The maximum absolute atomic E-state index is 12.6. The van der Waals surface area contributed by atoms with Gasteiger partial charge in [0, 0.05) is 16.8 Å². The molecule has 0 heterocycles. The molecule has 25 heavy (non-hydrogen) atoms. The minimum Gasteiger partial charge on any atom is -0.322 e. The summed E-state index contributed by atoms with van der Waals surface area (Å²) in [5.41, 5.74) is 4.29. The van der Waals surface area contributed by atoms with Crippen LogP contribution in [0.5, 0.6) is 0 Å². The normalized spacial score (nSPS) is 9.80. The zero-order valence-electron chi connectivity index (χ0n) is 14.1. The zero-order chi connectivity index (χ0) is 17.5. The Hall–Kier alpha value is -3.31. The van der Waals surface area contributed by atoms with E-state index in [0.29, 0.717) is 5.56 Å². The number of hydrogen-bond donors (Lipinski definition) is 1. The fourth-order valence-corrected chi connectivity index (χ4v) is 2.47. The van der Waals surface area contributed by atoms with Gasteiger partial charge in [0.1, 0.15) is 0 Å². The Balaban J connectivity index is 1.83. The summed E-state index contributed by atoms with van der Waals surface area (Å²) in [5.74, 6) is 6.11. The summed E-state index contributed by atoms with van der Waals surface area (Å²) in [5, 5.41) is 2.91. The fraction of sp³-hybridized carbons (Fsp3) is 0.0870. The third-order valence-electron chi connectivity index (χ3n) is 3.91. The number of amides is 1. The highest BCUT2D eigenvalue weighted by molar-refractivity contribution is 6.06. The van der Waals surface area contributed by atoms with Crippen molar-refractivity contribution in [1.82, 2.24) is 0 Å². The van der Waals surface area contributed by atoms with Crippen molar-refractivity contribution in [2.75, 3.05) is 5.32 Å². The van der Waals surface area contributed by atoms with Crippen molar-refractivity contribution in [2.24, 2.45) is 0 Å². The van der Waals surface area contributed by atoms with Crippen LogP contribution in [0.25, 0.3) is 0 Å². The van der Waals surface area contributed by atoms with Gasteiger partial charge in [0.05, 0.1) is 5.56 Å². The predicted octanol–water partition coefficient (Wildman–Crippen LogP) is 4.90. The topological polar surface area (TPSA) is 29.1 Å². The Morgan fingerprint density at radius 2 is 1.52 bits per heavy atom. The summed E-state index contributed by atoms with van der Waals surface area (Å²) in [6.45, 7) is 2.13. The van der Waals surface area contributed by atoms with Crippen molar-refractivity contribution < 1.29 is 4.79 Å². The van der Waals surface area contributed by atoms with E-state index >= 15 is 0 Å². The van der Waals surface area contributed by atoms with Crippen LogP contribution in [0.15, 0.2) is 78.9 Å². The van der Waals surface area contributed by atoms with Gasteiger partial charge in [-0.25, -0.2) is 0 Å². The summed E-state index contributed by atoms with van der Waals surface area (Å²) in [7, 11) is 0. The van der Waals surface area contributed by atoms with Gasteiger partial charge in [0.25, 0.3) is 5.91 Å². The second-order valence-corrected chi connectivity index (χ2v) is 5.67. The molecule has 2 heteroatoms. The smallest absolute Gasteiger partial charge is 0.256 e. The van der Waals surface area contributed by atoms with Crippen molar-refractivity contribution >= 4 is 11.6 Å². The molecule has 0 aliphatic carbocycles. The molecule has 3 rings (SSSR count). The highest BCUT2D eigenvalue weighted by Gasteiger charge is 2.09. The highest BCUT2D eigenvalue weighted by atomic mass is 16.1. The van der Waals surface area contributed by atoms with E-state index in [-0.39, 0.29) is 5.91 Å². The number of nitrogens with one attached hydrogen (secondary N) is 1. The van der Waals surface area contributed by atoms with Gasteiger partial charge in [-0.3, -0.25) is 4.79 Å². The quantitative estimate of drug-likeness (QED) is 0.682. The summed E-state index contributed by atoms with van der Waals surface area (Å²) in [6, 6.07) is 25.0. The molecular weight excluding hydrogens is 306 g/mol. The van der Waals surface area contributed by atoms with Crippen molar-refractivity contribution in [3.63, 3.8) is 0 Å². The van der Waals surface area contributed by atoms with Crippen LogP contribution in [0, 0.1) is 11.8 Å². The first-order chi connectivity index (χ1) is 12.3. The molecule has 0 fully saturated rings. The summed E-state index contributed by atoms with van der Waals surface area (Å²) < 4.78 is 0. The molecule has 0 atom stereocenters. The van der Waals surface area contributed by atoms with Gasteiger partial charge in [0.2, 0.25) is 0 Å². The van der Waals surface area contributed by atoms with Gasteiger partial charge in [-0.1, -0.05) is 61.2 Å². The second-order valence-electron chi connectivity index (χ2n) is 5.67. The maximum Gasteiger partial charge on any atom is 0.256 e. The van der Waals surface area contributed by atoms with E-state index < -0.39 is 0 Å². The van der Waals surface area contributed by atoms with Crippen LogP contribution in [0.2, 0.25) is 0 Å². The monoisotopic (exact) mass is 325 g/mol. The Morgan fingerprint density at radius 1 is 0.840 bits per heavy atom. The average molecular weight is 325 g/mol. The van der Waals surface area contributed by atoms with Crippen LogP contribution in [0.1, 0.15) is 34.0 Å². The van der Waals surface area contributed by atoms with Crippen molar-refractivity contribution in [3.8, 4) is 11.8 Å². The molecule has 1 N–H and O–H groups in total. The third kappa shape index (κ3) is 4.37. The number of carbonyl (C=O) groups is 1. The Bertz CT molecular complexity index is 916. The fourth-order valence-electron chi connectivity index (χ4n) is 2.47. The van der Waals surface area contributed by atoms with E-state index in [2.05, 4.69) is 36.2 Å². The molecule has 1 amide bonds. The van der Waals surface area contributed by atoms with Gasteiger partial charge in [-0.15, -0.1) is 0 Å². The van der Waals surface area contributed by atoms with Crippen LogP contribution < -0.4 is 5.32 Å². The predicted molar refractivity (Wildman–Crippen MR) is 103 cm³/mol. The second kappa shape index (κ2) is 7.99. The first-order valence-electron chi connectivity index (χ1n) is 8.32. The molecule has 0 aliphatic rings. The SMILES string of the molecule is CCc1ccc(C#Cc2ccccc2C(=O)Nc2ccccc2)cc1. The number of carbonyl (C=O) groups excluding carboxylic acids is 1. The molecule has 3 aromatic rings. The van der Waals surface area contributed by atoms with E-state index in [0.717, 1.165) is 23.2 Å². The van der Waals surface area contributed by atoms with E-state index in [1.165, 1.54) is 5.56 Å². The first kappa shape index (κ1) is 16.5. The summed E-state index contributed by atoms with van der Waals surface area (Å²) in [4.78, 5) is 12.6. The minimum atomic E-state index is -0.155. The minimum absolute atomic E-state index is 0.155. The average Bonchev–Trinajstić information content (AvgIpc) is 2.68. The lowest BCUT2D eigenvalue weighted by atomic mass is 10.1. The molecule has 3 aromatic carbocycles. The molecule has 2 nitrogen and oxygen atoms in total. The molecular formula is C23H19NO. The van der Waals surface area contributed by atoms with Crippen molar-refractivity contribution in [3.05, 3.63) is 101 Å². The van der Waals surface area contributed by atoms with Gasteiger partial charge in [-0.05, 0) is 48.4 Å². The van der Waals surface area contributed by atoms with Crippen molar-refractivity contribution in [1.29, 1.82) is 0 Å². The number of rotatable bonds is 3. The first-order valence-corrected chi connectivity index (χ1v) is 8.32. The zero-order valence-corrected chi connectivity index (χ0v) is 14.1. The Labute approximate surface area is 148 Å². The van der Waals surface area contributed by atoms with Gasteiger partial charge < -0.3 is 5.32 Å². The van der Waals surface area contributed by atoms with Gasteiger partial charge in [0.15, 0.2) is 0 Å². The van der Waals surface area contributed by atoms with Crippen LogP contribution in [0.3, 0.4) is 0 Å². The lowest BCUT2D eigenvalue weighted by molar-refractivity contribution is 0.102. The lowest BCUT2D eigenvalue weighted by Crippen LogP contribution is -2.13. The van der Waals surface area contributed by atoms with Gasteiger partial charge in [-0.2, -0.15) is 0 Å². The lowest BCUT2D eigenvalue weighted by Gasteiger charge is -2.06. The molecule has 0 bridgehead atoms. The maximum atomic E-state index is 12.6. The van der Waals surface area contributed by atoms with Crippen LogP contribution in [-0.4, -0.2) is 5.91 Å². The molecule has 0 saturated heterocycles. The number of para-hydroxylation sites is 1. The van der Waals surface area contributed by atoms with E-state index in [1.807, 2.05) is 60.7 Å². The number of benzene rings is 3. The standard InChI is InChI=1S/C23H19NO/c1-2-18-12-14-19(15-13-18)16-17-20-8-6-7-11-22(20)23(25)24-21-9-4-3-5-10-21/h3-15H,2H2,1H3,(H,24,25). The molecule has 0 saturated carbocycles. The largest absolute Gasteiger partial charge is 0.322 e. The third-order valence-corrected chi connectivity index (χ3v) is 3.91. The summed E-state index contributed by atoms with van der Waals surface area (Å²) in [6.07, 6.45) is 1.01. The molecule has 122 valence electrons. The molecule has 0 radical (unpaired) electrons. The van der Waals surface area contributed by atoms with E-state index in [4.69, 9.17) is 0 Å². The molecule has 0 unspecified atom stereocenters.